The Morgan fingerprint density at radius 1 is 1.00 bits per heavy atom. The van der Waals surface area contributed by atoms with Crippen LogP contribution < -0.4 is 10.6 Å². The van der Waals surface area contributed by atoms with Gasteiger partial charge < -0.3 is 10.6 Å². The smallest absolute Gasteiger partial charge is 0.241 e. The molecule has 1 unspecified atom stereocenters. The molecule has 3 rings (SSSR count). The van der Waals surface area contributed by atoms with Crippen molar-refractivity contribution in [1.29, 1.82) is 0 Å². The van der Waals surface area contributed by atoms with Crippen LogP contribution in [-0.2, 0) is 16.1 Å². The summed E-state index contributed by atoms with van der Waals surface area (Å²) in [6.07, 6.45) is 2.33. The van der Waals surface area contributed by atoms with Crippen LogP contribution in [0.1, 0.15) is 31.7 Å². The number of hydrogen-bond acceptors (Lipinski definition) is 3. The minimum atomic E-state index is -0.159. The van der Waals surface area contributed by atoms with Crippen molar-refractivity contribution in [3.05, 3.63) is 66.2 Å². The normalized spacial score (nSPS) is 16.3. The van der Waals surface area contributed by atoms with Gasteiger partial charge in [0.15, 0.2) is 0 Å². The molecule has 2 amide bonds. The molecule has 1 fully saturated rings. The van der Waals surface area contributed by atoms with Gasteiger partial charge in [0.25, 0.3) is 0 Å². The monoisotopic (exact) mass is 379 g/mol. The lowest BCUT2D eigenvalue weighted by Crippen LogP contribution is -2.49. The third-order valence-corrected chi connectivity index (χ3v) is 5.38. The molecule has 0 aliphatic carbocycles. The van der Waals surface area contributed by atoms with Gasteiger partial charge in [0.1, 0.15) is 0 Å². The highest BCUT2D eigenvalue weighted by Gasteiger charge is 2.31. The number of nitrogens with zero attached hydrogens (tertiary/aromatic N) is 1. The third-order valence-electron chi connectivity index (χ3n) is 5.38. The van der Waals surface area contributed by atoms with Crippen molar-refractivity contribution in [2.24, 2.45) is 5.92 Å². The number of rotatable bonds is 7. The Bertz CT molecular complexity index is 756. The van der Waals surface area contributed by atoms with Crippen molar-refractivity contribution < 1.29 is 9.59 Å². The van der Waals surface area contributed by atoms with E-state index in [4.69, 9.17) is 0 Å². The Hall–Kier alpha value is -2.66. The van der Waals surface area contributed by atoms with Crippen molar-refractivity contribution in [2.45, 2.75) is 38.8 Å². The van der Waals surface area contributed by atoms with Gasteiger partial charge in [0.2, 0.25) is 11.8 Å². The Balaban J connectivity index is 1.47. The number of likely N-dealkylation sites (tertiary alicyclic amines) is 1. The molecule has 2 aromatic carbocycles. The van der Waals surface area contributed by atoms with Crippen LogP contribution in [-0.4, -0.2) is 35.8 Å². The topological polar surface area (TPSA) is 61.4 Å². The highest BCUT2D eigenvalue weighted by molar-refractivity contribution is 5.94. The molecule has 5 nitrogen and oxygen atoms in total. The molecule has 0 radical (unpaired) electrons. The largest absolute Gasteiger partial charge is 0.352 e. The minimum absolute atomic E-state index is 0.0228. The van der Waals surface area contributed by atoms with E-state index in [1.165, 1.54) is 0 Å². The Morgan fingerprint density at radius 2 is 1.61 bits per heavy atom. The molecular formula is C23H29N3O2. The second-order valence-electron chi connectivity index (χ2n) is 7.29. The highest BCUT2D eigenvalue weighted by Crippen LogP contribution is 2.21. The zero-order chi connectivity index (χ0) is 19.8. The Kier molecular flexibility index (Phi) is 7.20. The molecular weight excluding hydrogens is 350 g/mol. The van der Waals surface area contributed by atoms with Crippen LogP contribution in [0.5, 0.6) is 0 Å². The average molecular weight is 380 g/mol. The van der Waals surface area contributed by atoms with Crippen LogP contribution in [0.15, 0.2) is 60.7 Å². The lowest BCUT2D eigenvalue weighted by atomic mass is 9.94. The maximum Gasteiger partial charge on any atom is 0.241 e. The highest BCUT2D eigenvalue weighted by atomic mass is 16.2. The molecule has 1 atom stereocenters. The second-order valence-corrected chi connectivity index (χ2v) is 7.29. The van der Waals surface area contributed by atoms with Crippen LogP contribution >= 0.6 is 0 Å². The zero-order valence-electron chi connectivity index (χ0n) is 16.4. The van der Waals surface area contributed by atoms with E-state index in [2.05, 4.69) is 15.5 Å². The standard InChI is InChI=1S/C23H29N3O2/c1-2-21(23(28)25-20-11-7-4-8-12-20)26-15-13-19(14-16-26)22(27)24-17-18-9-5-3-6-10-18/h3-12,19,21H,2,13-17H2,1H3,(H,24,27)(H,25,28). The van der Waals surface area contributed by atoms with E-state index in [1.54, 1.807) is 0 Å². The van der Waals surface area contributed by atoms with Crippen LogP contribution in [0.25, 0.3) is 0 Å². The average Bonchev–Trinajstić information content (AvgIpc) is 2.74. The lowest BCUT2D eigenvalue weighted by Gasteiger charge is -2.36. The summed E-state index contributed by atoms with van der Waals surface area (Å²) >= 11 is 0. The molecule has 0 saturated carbocycles. The summed E-state index contributed by atoms with van der Waals surface area (Å²) in [5.74, 6) is 0.167. The fourth-order valence-corrected chi connectivity index (χ4v) is 3.76. The van der Waals surface area contributed by atoms with Gasteiger partial charge in [-0.15, -0.1) is 0 Å². The summed E-state index contributed by atoms with van der Waals surface area (Å²) in [5, 5.41) is 6.05. The molecule has 1 aliphatic rings. The summed E-state index contributed by atoms with van der Waals surface area (Å²) < 4.78 is 0. The van der Waals surface area contributed by atoms with Gasteiger partial charge in [0.05, 0.1) is 6.04 Å². The van der Waals surface area contributed by atoms with Gasteiger partial charge in [-0.05, 0) is 50.0 Å². The molecule has 1 aliphatic heterocycles. The number of carbonyl (C=O) groups excluding carboxylic acids is 2. The second kappa shape index (κ2) is 10.0. The number of para-hydroxylation sites is 1. The van der Waals surface area contributed by atoms with E-state index in [1.807, 2.05) is 67.6 Å². The minimum Gasteiger partial charge on any atom is -0.352 e. The first-order valence-electron chi connectivity index (χ1n) is 10.1. The lowest BCUT2D eigenvalue weighted by molar-refractivity contribution is -0.127. The molecule has 0 spiro atoms. The van der Waals surface area contributed by atoms with Crippen molar-refractivity contribution >= 4 is 17.5 Å². The third kappa shape index (κ3) is 5.42. The molecule has 0 bridgehead atoms. The fourth-order valence-electron chi connectivity index (χ4n) is 3.76. The van der Waals surface area contributed by atoms with E-state index in [0.29, 0.717) is 6.54 Å². The van der Waals surface area contributed by atoms with E-state index < -0.39 is 0 Å². The molecule has 1 heterocycles. The molecule has 0 aromatic heterocycles. The SMILES string of the molecule is CCC(C(=O)Nc1ccccc1)N1CCC(C(=O)NCc2ccccc2)CC1. The van der Waals surface area contributed by atoms with E-state index >= 15 is 0 Å². The van der Waals surface area contributed by atoms with Crippen molar-refractivity contribution in [3.63, 3.8) is 0 Å². The number of hydrogen-bond donors (Lipinski definition) is 2. The van der Waals surface area contributed by atoms with Crippen LogP contribution in [0.2, 0.25) is 0 Å². The van der Waals surface area contributed by atoms with Gasteiger partial charge in [0, 0.05) is 18.2 Å². The molecule has 28 heavy (non-hydrogen) atoms. The van der Waals surface area contributed by atoms with E-state index in [-0.39, 0.29) is 23.8 Å². The van der Waals surface area contributed by atoms with Gasteiger partial charge >= 0.3 is 0 Å². The molecule has 1 saturated heterocycles. The molecule has 2 aromatic rings. The van der Waals surface area contributed by atoms with Crippen molar-refractivity contribution in [2.75, 3.05) is 18.4 Å². The predicted octanol–water partition coefficient (Wildman–Crippen LogP) is 3.43. The van der Waals surface area contributed by atoms with Gasteiger partial charge in [-0.1, -0.05) is 55.5 Å². The number of anilines is 1. The fraction of sp³-hybridized carbons (Fsp3) is 0.391. The number of nitrogens with one attached hydrogen (secondary N) is 2. The van der Waals surface area contributed by atoms with E-state index in [0.717, 1.165) is 43.6 Å². The number of benzene rings is 2. The van der Waals surface area contributed by atoms with Gasteiger partial charge in [-0.25, -0.2) is 0 Å². The van der Waals surface area contributed by atoms with Crippen molar-refractivity contribution in [3.8, 4) is 0 Å². The predicted molar refractivity (Wildman–Crippen MR) is 112 cm³/mol. The van der Waals surface area contributed by atoms with Crippen LogP contribution in [0, 0.1) is 5.92 Å². The van der Waals surface area contributed by atoms with Crippen molar-refractivity contribution in [1.82, 2.24) is 10.2 Å². The summed E-state index contributed by atoms with van der Waals surface area (Å²) in [4.78, 5) is 27.4. The maximum absolute atomic E-state index is 12.7. The zero-order valence-corrected chi connectivity index (χ0v) is 16.4. The summed E-state index contributed by atoms with van der Waals surface area (Å²) in [6.45, 7) is 4.14. The first-order valence-corrected chi connectivity index (χ1v) is 10.1. The Labute approximate surface area is 167 Å². The van der Waals surface area contributed by atoms with Gasteiger partial charge in [-0.3, -0.25) is 14.5 Å². The summed E-state index contributed by atoms with van der Waals surface area (Å²) in [7, 11) is 0. The molecule has 5 heteroatoms. The van der Waals surface area contributed by atoms with E-state index in [9.17, 15) is 9.59 Å². The first kappa shape index (κ1) is 20.1. The quantitative estimate of drug-likeness (QED) is 0.775. The summed E-state index contributed by atoms with van der Waals surface area (Å²) in [6, 6.07) is 19.3. The number of piperidine rings is 1. The molecule has 2 N–H and O–H groups in total. The Morgan fingerprint density at radius 3 is 2.21 bits per heavy atom. The summed E-state index contributed by atoms with van der Waals surface area (Å²) in [5.41, 5.74) is 1.93. The number of amides is 2. The first-order chi connectivity index (χ1) is 13.7. The van der Waals surface area contributed by atoms with Crippen LogP contribution in [0.3, 0.4) is 0 Å². The van der Waals surface area contributed by atoms with Crippen LogP contribution in [0.4, 0.5) is 5.69 Å². The maximum atomic E-state index is 12.7. The molecule has 148 valence electrons. The number of carbonyl (C=O) groups is 2. The van der Waals surface area contributed by atoms with Gasteiger partial charge in [-0.2, -0.15) is 0 Å².